The van der Waals surface area contributed by atoms with E-state index in [1.54, 1.807) is 17.5 Å². The number of aromatic nitrogens is 1. The third-order valence-electron chi connectivity index (χ3n) is 3.86. The molecule has 0 unspecified atom stereocenters. The van der Waals surface area contributed by atoms with Crippen LogP contribution in [0.5, 0.6) is 0 Å². The van der Waals surface area contributed by atoms with Crippen molar-refractivity contribution < 1.29 is 14.7 Å². The van der Waals surface area contributed by atoms with E-state index in [1.807, 2.05) is 5.38 Å². The van der Waals surface area contributed by atoms with E-state index in [1.165, 1.54) is 0 Å². The van der Waals surface area contributed by atoms with Gasteiger partial charge in [-0.1, -0.05) is 0 Å². The van der Waals surface area contributed by atoms with E-state index >= 15 is 0 Å². The molecule has 1 heterocycles. The minimum atomic E-state index is -0.693. The Balaban J connectivity index is 1.56. The molecule has 1 saturated carbocycles. The van der Waals surface area contributed by atoms with Gasteiger partial charge in [0.25, 0.3) is 0 Å². The zero-order valence-electron chi connectivity index (χ0n) is 11.9. The zero-order chi connectivity index (χ0) is 15.1. The van der Waals surface area contributed by atoms with Crippen molar-refractivity contribution >= 4 is 23.3 Å². The predicted octanol–water partition coefficient (Wildman–Crippen LogP) is 1.88. The van der Waals surface area contributed by atoms with Gasteiger partial charge in [-0.25, -0.2) is 9.78 Å². The van der Waals surface area contributed by atoms with E-state index in [4.69, 9.17) is 5.11 Å². The molecule has 6 nitrogen and oxygen atoms in total. The summed E-state index contributed by atoms with van der Waals surface area (Å²) in [6, 6.07) is -0.160. The highest BCUT2D eigenvalue weighted by atomic mass is 32.1. The molecule has 7 heteroatoms. The fourth-order valence-electron chi connectivity index (χ4n) is 2.57. The molecule has 2 amide bonds. The first-order valence-electron chi connectivity index (χ1n) is 7.28. The number of thiazole rings is 1. The molecule has 0 atom stereocenters. The number of nitrogens with zero attached hydrogens (tertiary/aromatic N) is 1. The van der Waals surface area contributed by atoms with Gasteiger partial charge in [0, 0.05) is 31.1 Å². The second-order valence-corrected chi connectivity index (χ2v) is 6.35. The number of rotatable bonds is 6. The SMILES string of the molecule is O=C(NCCc1nccs1)NCC1CCC(C(=O)O)CC1. The fraction of sp³-hybridized carbons (Fsp3) is 0.643. The Kier molecular flexibility index (Phi) is 5.98. The van der Waals surface area contributed by atoms with Crippen LogP contribution in [0.15, 0.2) is 11.6 Å². The van der Waals surface area contributed by atoms with Gasteiger partial charge in [0.15, 0.2) is 0 Å². The van der Waals surface area contributed by atoms with Crippen LogP contribution in [0.25, 0.3) is 0 Å². The van der Waals surface area contributed by atoms with Crippen molar-refractivity contribution in [2.24, 2.45) is 11.8 Å². The standard InChI is InChI=1S/C14H21N3O3S/c18-13(19)11-3-1-10(2-4-11)9-17-14(20)16-6-5-12-15-7-8-21-12/h7-8,10-11H,1-6,9H2,(H,18,19)(H2,16,17,20). The molecule has 0 spiro atoms. The molecule has 1 aliphatic rings. The Labute approximate surface area is 128 Å². The third kappa shape index (κ3) is 5.34. The molecule has 0 aromatic carbocycles. The van der Waals surface area contributed by atoms with Gasteiger partial charge in [-0.3, -0.25) is 4.79 Å². The molecule has 0 radical (unpaired) electrons. The lowest BCUT2D eigenvalue weighted by molar-refractivity contribution is -0.143. The lowest BCUT2D eigenvalue weighted by atomic mass is 9.82. The molecule has 2 rings (SSSR count). The van der Waals surface area contributed by atoms with Crippen molar-refractivity contribution in [2.45, 2.75) is 32.1 Å². The lowest BCUT2D eigenvalue weighted by Gasteiger charge is -2.26. The second-order valence-electron chi connectivity index (χ2n) is 5.37. The minimum absolute atomic E-state index is 0.160. The number of urea groups is 1. The van der Waals surface area contributed by atoms with Crippen LogP contribution in [0.4, 0.5) is 4.79 Å². The smallest absolute Gasteiger partial charge is 0.314 e. The topological polar surface area (TPSA) is 91.3 Å². The molecule has 3 N–H and O–H groups in total. The maximum absolute atomic E-state index is 11.7. The van der Waals surface area contributed by atoms with Crippen LogP contribution in [-0.2, 0) is 11.2 Å². The Morgan fingerprint density at radius 3 is 2.67 bits per heavy atom. The molecule has 21 heavy (non-hydrogen) atoms. The maximum atomic E-state index is 11.7. The lowest BCUT2D eigenvalue weighted by Crippen LogP contribution is -2.40. The van der Waals surface area contributed by atoms with Crippen molar-refractivity contribution in [3.8, 4) is 0 Å². The molecular formula is C14H21N3O3S. The fourth-order valence-corrected chi connectivity index (χ4v) is 3.19. The molecule has 1 aliphatic carbocycles. The number of carbonyl (C=O) groups is 2. The van der Waals surface area contributed by atoms with Gasteiger partial charge in [0.2, 0.25) is 0 Å². The summed E-state index contributed by atoms with van der Waals surface area (Å²) in [7, 11) is 0. The van der Waals surface area contributed by atoms with Gasteiger partial charge in [0.05, 0.1) is 10.9 Å². The van der Waals surface area contributed by atoms with E-state index < -0.39 is 5.97 Å². The number of carbonyl (C=O) groups excluding carboxylic acids is 1. The first-order valence-corrected chi connectivity index (χ1v) is 8.16. The number of nitrogens with one attached hydrogen (secondary N) is 2. The van der Waals surface area contributed by atoms with Crippen LogP contribution in [0.3, 0.4) is 0 Å². The summed E-state index contributed by atoms with van der Waals surface area (Å²) < 4.78 is 0. The van der Waals surface area contributed by atoms with Gasteiger partial charge in [0.1, 0.15) is 0 Å². The number of carboxylic acid groups (broad SMARTS) is 1. The average Bonchev–Trinajstić information content (AvgIpc) is 2.99. The molecular weight excluding hydrogens is 290 g/mol. The minimum Gasteiger partial charge on any atom is -0.481 e. The van der Waals surface area contributed by atoms with Crippen LogP contribution in [0, 0.1) is 11.8 Å². The summed E-state index contributed by atoms with van der Waals surface area (Å²) in [6.07, 6.45) is 5.68. The number of amides is 2. The van der Waals surface area contributed by atoms with Crippen LogP contribution in [0.2, 0.25) is 0 Å². The quantitative estimate of drug-likeness (QED) is 0.748. The van der Waals surface area contributed by atoms with Gasteiger partial charge in [-0.2, -0.15) is 0 Å². The molecule has 1 aromatic rings. The first kappa shape index (κ1) is 15.8. The van der Waals surface area contributed by atoms with E-state index in [2.05, 4.69) is 15.6 Å². The highest BCUT2D eigenvalue weighted by molar-refractivity contribution is 7.09. The summed E-state index contributed by atoms with van der Waals surface area (Å²) in [5, 5.41) is 17.5. The maximum Gasteiger partial charge on any atom is 0.314 e. The summed E-state index contributed by atoms with van der Waals surface area (Å²) >= 11 is 1.58. The Morgan fingerprint density at radius 1 is 1.29 bits per heavy atom. The molecule has 1 aromatic heterocycles. The molecule has 0 saturated heterocycles. The van der Waals surface area contributed by atoms with Crippen molar-refractivity contribution in [1.82, 2.24) is 15.6 Å². The Morgan fingerprint density at radius 2 is 2.05 bits per heavy atom. The van der Waals surface area contributed by atoms with E-state index in [9.17, 15) is 9.59 Å². The van der Waals surface area contributed by atoms with Gasteiger partial charge in [-0.15, -0.1) is 11.3 Å². The highest BCUT2D eigenvalue weighted by Crippen LogP contribution is 2.28. The number of carboxylic acids is 1. The number of hydrogen-bond donors (Lipinski definition) is 3. The Hall–Kier alpha value is -1.63. The third-order valence-corrected chi connectivity index (χ3v) is 4.69. The second kappa shape index (κ2) is 7.97. The van der Waals surface area contributed by atoms with Crippen LogP contribution < -0.4 is 10.6 Å². The van der Waals surface area contributed by atoms with Crippen molar-refractivity contribution in [2.75, 3.05) is 13.1 Å². The molecule has 0 aliphatic heterocycles. The van der Waals surface area contributed by atoms with Crippen molar-refractivity contribution in [3.63, 3.8) is 0 Å². The summed E-state index contributed by atoms with van der Waals surface area (Å²) in [5.74, 6) is -0.500. The number of aliphatic carboxylic acids is 1. The van der Waals surface area contributed by atoms with Crippen LogP contribution in [0.1, 0.15) is 30.7 Å². The predicted molar refractivity (Wildman–Crippen MR) is 80.3 cm³/mol. The zero-order valence-corrected chi connectivity index (χ0v) is 12.7. The van der Waals surface area contributed by atoms with E-state index in [0.29, 0.717) is 31.8 Å². The highest BCUT2D eigenvalue weighted by Gasteiger charge is 2.25. The van der Waals surface area contributed by atoms with E-state index in [-0.39, 0.29) is 11.9 Å². The van der Waals surface area contributed by atoms with E-state index in [0.717, 1.165) is 24.3 Å². The Bertz CT molecular complexity index is 456. The molecule has 1 fully saturated rings. The first-order chi connectivity index (χ1) is 10.1. The average molecular weight is 311 g/mol. The monoisotopic (exact) mass is 311 g/mol. The van der Waals surface area contributed by atoms with Crippen molar-refractivity contribution in [1.29, 1.82) is 0 Å². The van der Waals surface area contributed by atoms with Crippen molar-refractivity contribution in [3.05, 3.63) is 16.6 Å². The summed E-state index contributed by atoms with van der Waals surface area (Å²) in [4.78, 5) is 26.7. The molecule has 0 bridgehead atoms. The number of hydrogen-bond acceptors (Lipinski definition) is 4. The van der Waals surface area contributed by atoms with Gasteiger partial charge in [-0.05, 0) is 31.6 Å². The van der Waals surface area contributed by atoms with Crippen LogP contribution in [-0.4, -0.2) is 35.2 Å². The summed E-state index contributed by atoms with van der Waals surface area (Å²) in [6.45, 7) is 1.19. The van der Waals surface area contributed by atoms with Gasteiger partial charge >= 0.3 is 12.0 Å². The molecule has 116 valence electrons. The summed E-state index contributed by atoms with van der Waals surface area (Å²) in [5.41, 5.74) is 0. The van der Waals surface area contributed by atoms with Crippen LogP contribution >= 0.6 is 11.3 Å². The van der Waals surface area contributed by atoms with Gasteiger partial charge < -0.3 is 15.7 Å². The largest absolute Gasteiger partial charge is 0.481 e. The normalized spacial score (nSPS) is 21.7.